The Kier molecular flexibility index (Phi) is 5.35. The highest BCUT2D eigenvalue weighted by atomic mass is 16.5. The topological polar surface area (TPSA) is 26.3 Å². The first kappa shape index (κ1) is 17.9. The molecule has 2 aromatic carbocycles. The van der Waals surface area contributed by atoms with E-state index < -0.39 is 0 Å². The van der Waals surface area contributed by atoms with Crippen LogP contribution in [0.25, 0.3) is 5.57 Å². The molecule has 0 spiro atoms. The van der Waals surface area contributed by atoms with Gasteiger partial charge in [0.1, 0.15) is 0 Å². The van der Waals surface area contributed by atoms with Gasteiger partial charge in [-0.15, -0.1) is 0 Å². The number of carbonyl (C=O) groups is 1. The van der Waals surface area contributed by atoms with Crippen LogP contribution in [-0.2, 0) is 9.53 Å². The minimum atomic E-state index is -0.190. The van der Waals surface area contributed by atoms with E-state index in [2.05, 4.69) is 19.1 Å². The monoisotopic (exact) mass is 358 g/mol. The summed E-state index contributed by atoms with van der Waals surface area (Å²) in [6.45, 7) is 3.49. The van der Waals surface area contributed by atoms with Crippen molar-refractivity contribution in [3.05, 3.63) is 88.5 Å². The number of unbranched alkanes of at least 4 members (excludes halogenated alkanes) is 1. The average Bonchev–Trinajstić information content (AvgIpc) is 2.86. The van der Waals surface area contributed by atoms with E-state index in [0.29, 0.717) is 6.61 Å². The molecule has 1 heterocycles. The normalized spacial score (nSPS) is 20.0. The Labute approximate surface area is 161 Å². The molecule has 1 aliphatic carbocycles. The fourth-order valence-electron chi connectivity index (χ4n) is 4.34. The van der Waals surface area contributed by atoms with Crippen molar-refractivity contribution in [2.24, 2.45) is 0 Å². The lowest BCUT2D eigenvalue weighted by molar-refractivity contribution is -0.114. The van der Waals surface area contributed by atoms with Crippen molar-refractivity contribution >= 4 is 11.4 Å². The zero-order valence-corrected chi connectivity index (χ0v) is 15.9. The maximum Gasteiger partial charge on any atom is 0.175 e. The standard InChI is InChI=1S/C25H26O2/c1-2-3-10-20-15-16-27-17-21-22(20)24(19-13-8-5-9-14-19)25(26)23(21)18-11-6-4-7-12-18/h4-9,11-14,24H,2-3,10,15-17H2,1H3/t24-/m1/s1. The van der Waals surface area contributed by atoms with E-state index in [0.717, 1.165) is 54.6 Å². The molecule has 0 saturated carbocycles. The predicted octanol–water partition coefficient (Wildman–Crippen LogP) is 5.71. The van der Waals surface area contributed by atoms with E-state index in [1.54, 1.807) is 0 Å². The van der Waals surface area contributed by atoms with Gasteiger partial charge in [-0.3, -0.25) is 4.79 Å². The second-order valence-corrected chi connectivity index (χ2v) is 7.35. The summed E-state index contributed by atoms with van der Waals surface area (Å²) in [7, 11) is 0. The number of carbonyl (C=O) groups excluding carboxylic acids is 1. The van der Waals surface area contributed by atoms with E-state index in [4.69, 9.17) is 4.74 Å². The number of ketones is 1. The van der Waals surface area contributed by atoms with Gasteiger partial charge >= 0.3 is 0 Å². The first-order valence-corrected chi connectivity index (χ1v) is 9.99. The van der Waals surface area contributed by atoms with Crippen molar-refractivity contribution in [1.82, 2.24) is 0 Å². The Morgan fingerprint density at radius 2 is 1.70 bits per heavy atom. The maximum atomic E-state index is 13.7. The number of hydrogen-bond acceptors (Lipinski definition) is 2. The second kappa shape index (κ2) is 8.06. The number of benzene rings is 2. The number of ether oxygens (including phenoxy) is 1. The molecule has 0 fully saturated rings. The smallest absolute Gasteiger partial charge is 0.175 e. The minimum Gasteiger partial charge on any atom is -0.376 e. The molecule has 0 N–H and O–H groups in total. The third-order valence-corrected chi connectivity index (χ3v) is 5.63. The molecular weight excluding hydrogens is 332 g/mol. The molecule has 0 radical (unpaired) electrons. The number of rotatable bonds is 5. The summed E-state index contributed by atoms with van der Waals surface area (Å²) in [4.78, 5) is 13.7. The van der Waals surface area contributed by atoms with Gasteiger partial charge in [0.05, 0.1) is 19.1 Å². The van der Waals surface area contributed by atoms with Gasteiger partial charge in [0.2, 0.25) is 0 Å². The largest absolute Gasteiger partial charge is 0.376 e. The first-order chi connectivity index (χ1) is 13.3. The van der Waals surface area contributed by atoms with Crippen molar-refractivity contribution < 1.29 is 9.53 Å². The van der Waals surface area contributed by atoms with Gasteiger partial charge in [-0.25, -0.2) is 0 Å². The van der Waals surface area contributed by atoms with E-state index >= 15 is 0 Å². The molecule has 2 aliphatic rings. The lowest BCUT2D eigenvalue weighted by Gasteiger charge is -2.17. The zero-order valence-electron chi connectivity index (χ0n) is 15.9. The highest BCUT2D eigenvalue weighted by Crippen LogP contribution is 2.48. The van der Waals surface area contributed by atoms with Crippen molar-refractivity contribution in [3.8, 4) is 0 Å². The summed E-state index contributed by atoms with van der Waals surface area (Å²) < 4.78 is 5.95. The molecule has 0 amide bonds. The molecule has 0 unspecified atom stereocenters. The molecule has 0 bridgehead atoms. The van der Waals surface area contributed by atoms with Crippen molar-refractivity contribution in [1.29, 1.82) is 0 Å². The van der Waals surface area contributed by atoms with E-state index in [9.17, 15) is 4.79 Å². The molecule has 4 rings (SSSR count). The summed E-state index contributed by atoms with van der Waals surface area (Å²) in [5.74, 6) is 0.0295. The summed E-state index contributed by atoms with van der Waals surface area (Å²) in [5.41, 5.74) is 6.73. The zero-order chi connectivity index (χ0) is 18.6. The first-order valence-electron chi connectivity index (χ1n) is 9.99. The van der Waals surface area contributed by atoms with Gasteiger partial charge in [0.15, 0.2) is 5.78 Å². The third-order valence-electron chi connectivity index (χ3n) is 5.63. The second-order valence-electron chi connectivity index (χ2n) is 7.35. The van der Waals surface area contributed by atoms with Gasteiger partial charge in [-0.05, 0) is 41.5 Å². The molecule has 27 heavy (non-hydrogen) atoms. The lowest BCUT2D eigenvalue weighted by atomic mass is 9.85. The van der Waals surface area contributed by atoms with Crippen molar-refractivity contribution in [3.63, 3.8) is 0 Å². The SMILES string of the molecule is CCCCC1=C2C(=C(c3ccccc3)C(=O)[C@@H]2c2ccccc2)COCC1. The van der Waals surface area contributed by atoms with Gasteiger partial charge < -0.3 is 4.74 Å². The highest BCUT2D eigenvalue weighted by molar-refractivity contribution is 6.29. The van der Waals surface area contributed by atoms with Crippen LogP contribution in [0.4, 0.5) is 0 Å². The van der Waals surface area contributed by atoms with Crippen LogP contribution >= 0.6 is 0 Å². The average molecular weight is 358 g/mol. The number of hydrogen-bond donors (Lipinski definition) is 0. The van der Waals surface area contributed by atoms with Crippen molar-refractivity contribution in [2.75, 3.05) is 13.2 Å². The summed E-state index contributed by atoms with van der Waals surface area (Å²) >= 11 is 0. The van der Waals surface area contributed by atoms with Crippen LogP contribution in [0.3, 0.4) is 0 Å². The molecule has 2 nitrogen and oxygen atoms in total. The van der Waals surface area contributed by atoms with Crippen LogP contribution in [0.2, 0.25) is 0 Å². The quantitative estimate of drug-likeness (QED) is 0.684. The van der Waals surface area contributed by atoms with Gasteiger partial charge in [0.25, 0.3) is 0 Å². The number of fused-ring (bicyclic) bond motifs is 1. The van der Waals surface area contributed by atoms with Crippen LogP contribution in [0, 0.1) is 0 Å². The Morgan fingerprint density at radius 3 is 2.41 bits per heavy atom. The van der Waals surface area contributed by atoms with Crippen LogP contribution in [-0.4, -0.2) is 19.0 Å². The Hall–Kier alpha value is -2.45. The van der Waals surface area contributed by atoms with Crippen LogP contribution in [0.5, 0.6) is 0 Å². The summed E-state index contributed by atoms with van der Waals surface area (Å²) in [5, 5.41) is 0. The fourth-order valence-corrected chi connectivity index (χ4v) is 4.34. The molecule has 0 saturated heterocycles. The Balaban J connectivity index is 1.91. The van der Waals surface area contributed by atoms with Crippen LogP contribution in [0.15, 0.2) is 77.4 Å². The summed E-state index contributed by atoms with van der Waals surface area (Å²) in [6.07, 6.45) is 4.30. The third kappa shape index (κ3) is 3.42. The molecule has 1 aliphatic heterocycles. The summed E-state index contributed by atoms with van der Waals surface area (Å²) in [6, 6.07) is 20.3. The molecule has 0 aromatic heterocycles. The fraction of sp³-hybridized carbons (Fsp3) is 0.320. The molecule has 2 aromatic rings. The van der Waals surface area contributed by atoms with Gasteiger partial charge in [-0.1, -0.05) is 79.6 Å². The van der Waals surface area contributed by atoms with Crippen LogP contribution < -0.4 is 0 Å². The van der Waals surface area contributed by atoms with Crippen LogP contribution in [0.1, 0.15) is 49.7 Å². The molecule has 138 valence electrons. The Bertz CT molecular complexity index is 875. The van der Waals surface area contributed by atoms with E-state index in [1.165, 1.54) is 11.1 Å². The van der Waals surface area contributed by atoms with E-state index in [1.807, 2.05) is 48.5 Å². The minimum absolute atomic E-state index is 0.190. The number of allylic oxidation sites excluding steroid dienone is 1. The predicted molar refractivity (Wildman–Crippen MR) is 110 cm³/mol. The Morgan fingerprint density at radius 1 is 1.00 bits per heavy atom. The van der Waals surface area contributed by atoms with Crippen molar-refractivity contribution in [2.45, 2.75) is 38.5 Å². The molecule has 2 heteroatoms. The van der Waals surface area contributed by atoms with Gasteiger partial charge in [-0.2, -0.15) is 0 Å². The van der Waals surface area contributed by atoms with E-state index in [-0.39, 0.29) is 11.7 Å². The molecular formula is C25H26O2. The lowest BCUT2D eigenvalue weighted by Crippen LogP contribution is -2.11. The highest BCUT2D eigenvalue weighted by Gasteiger charge is 2.41. The maximum absolute atomic E-state index is 13.7. The molecule has 1 atom stereocenters. The number of Topliss-reactive ketones (excluding diaryl/α,β-unsaturated/α-hetero) is 1. The van der Waals surface area contributed by atoms with Gasteiger partial charge in [0, 0.05) is 5.57 Å².